The summed E-state index contributed by atoms with van der Waals surface area (Å²) >= 11 is 0. The molecule has 0 heterocycles. The van der Waals surface area contributed by atoms with Gasteiger partial charge in [-0.2, -0.15) is 0 Å². The van der Waals surface area contributed by atoms with Gasteiger partial charge in [-0.1, -0.05) is 18.3 Å². The number of benzene rings is 1. The third-order valence-electron chi connectivity index (χ3n) is 3.26. The lowest BCUT2D eigenvalue weighted by molar-refractivity contribution is 0.316. The van der Waals surface area contributed by atoms with Crippen LogP contribution in [0.5, 0.6) is 0 Å². The van der Waals surface area contributed by atoms with E-state index >= 15 is 0 Å². The van der Waals surface area contributed by atoms with Crippen molar-refractivity contribution in [1.82, 2.24) is 4.72 Å². The molecule has 1 aliphatic rings. The fourth-order valence-electron chi connectivity index (χ4n) is 1.87. The summed E-state index contributed by atoms with van der Waals surface area (Å²) in [5.74, 6) is 5.74. The van der Waals surface area contributed by atoms with Crippen molar-refractivity contribution in [3.8, 4) is 11.8 Å². The second-order valence-electron chi connectivity index (χ2n) is 4.63. The monoisotopic (exact) mass is 279 g/mol. The molecule has 102 valence electrons. The Kier molecular flexibility index (Phi) is 4.59. The summed E-state index contributed by atoms with van der Waals surface area (Å²) in [6.07, 6.45) is 3.42. The molecular formula is C14H17NO3S. The molecule has 0 aromatic heterocycles. The van der Waals surface area contributed by atoms with Crippen LogP contribution in [0.2, 0.25) is 0 Å². The fraction of sp³-hybridized carbons (Fsp3) is 0.429. The van der Waals surface area contributed by atoms with Gasteiger partial charge in [-0.3, -0.25) is 0 Å². The SMILES string of the molecule is O=S(=O)(NCC1CCC1)c1ccc(C#CCO)cc1. The quantitative estimate of drug-likeness (QED) is 0.811. The first-order valence-electron chi connectivity index (χ1n) is 6.31. The molecule has 1 aromatic rings. The summed E-state index contributed by atoms with van der Waals surface area (Å²) in [5, 5.41) is 8.58. The summed E-state index contributed by atoms with van der Waals surface area (Å²) < 4.78 is 26.7. The Hall–Kier alpha value is -1.35. The molecule has 0 spiro atoms. The lowest BCUT2D eigenvalue weighted by atomic mass is 9.86. The maximum atomic E-state index is 12.0. The molecule has 0 atom stereocenters. The Morgan fingerprint density at radius 1 is 1.26 bits per heavy atom. The van der Waals surface area contributed by atoms with E-state index in [1.54, 1.807) is 12.1 Å². The first kappa shape index (κ1) is 14.1. The standard InChI is InChI=1S/C14H17NO3S/c16-10-2-5-12-6-8-14(9-7-12)19(17,18)15-11-13-3-1-4-13/h6-9,13,15-16H,1,3-4,10-11H2. The van der Waals surface area contributed by atoms with E-state index in [0.717, 1.165) is 12.8 Å². The lowest BCUT2D eigenvalue weighted by Crippen LogP contribution is -2.32. The van der Waals surface area contributed by atoms with Crippen LogP contribution in [-0.2, 0) is 10.0 Å². The Morgan fingerprint density at radius 2 is 1.95 bits per heavy atom. The molecule has 1 aromatic carbocycles. The van der Waals surface area contributed by atoms with Crippen molar-refractivity contribution in [2.75, 3.05) is 13.2 Å². The van der Waals surface area contributed by atoms with Gasteiger partial charge in [-0.25, -0.2) is 13.1 Å². The van der Waals surface area contributed by atoms with Crippen LogP contribution in [0.4, 0.5) is 0 Å². The van der Waals surface area contributed by atoms with Gasteiger partial charge in [-0.15, -0.1) is 0 Å². The van der Waals surface area contributed by atoms with Crippen LogP contribution in [0.25, 0.3) is 0 Å². The van der Waals surface area contributed by atoms with Crippen molar-refractivity contribution in [1.29, 1.82) is 0 Å². The molecule has 2 N–H and O–H groups in total. The molecule has 0 bridgehead atoms. The first-order valence-corrected chi connectivity index (χ1v) is 7.79. The molecule has 5 heteroatoms. The van der Waals surface area contributed by atoms with Gasteiger partial charge in [0.1, 0.15) is 6.61 Å². The molecule has 0 amide bonds. The average molecular weight is 279 g/mol. The van der Waals surface area contributed by atoms with Gasteiger partial charge < -0.3 is 5.11 Å². The van der Waals surface area contributed by atoms with Crippen LogP contribution in [0, 0.1) is 17.8 Å². The predicted octanol–water partition coefficient (Wildman–Crippen LogP) is 1.11. The second kappa shape index (κ2) is 6.20. The maximum absolute atomic E-state index is 12.0. The van der Waals surface area contributed by atoms with E-state index in [-0.39, 0.29) is 11.5 Å². The molecule has 4 nitrogen and oxygen atoms in total. The number of aliphatic hydroxyl groups is 1. The summed E-state index contributed by atoms with van der Waals surface area (Å²) in [5.41, 5.74) is 0.687. The number of rotatable bonds is 4. The molecule has 0 saturated heterocycles. The van der Waals surface area contributed by atoms with Crippen LogP contribution in [0.15, 0.2) is 29.2 Å². The highest BCUT2D eigenvalue weighted by Gasteiger charge is 2.21. The third-order valence-corrected chi connectivity index (χ3v) is 4.70. The van der Waals surface area contributed by atoms with Crippen molar-refractivity contribution >= 4 is 10.0 Å². The van der Waals surface area contributed by atoms with E-state index in [1.807, 2.05) is 0 Å². The number of hydrogen-bond donors (Lipinski definition) is 2. The average Bonchev–Trinajstić information content (AvgIpc) is 2.35. The van der Waals surface area contributed by atoms with Crippen LogP contribution >= 0.6 is 0 Å². The van der Waals surface area contributed by atoms with Crippen LogP contribution < -0.4 is 4.72 Å². The van der Waals surface area contributed by atoms with E-state index in [2.05, 4.69) is 16.6 Å². The Bertz CT molecular complexity index is 577. The largest absolute Gasteiger partial charge is 0.384 e. The van der Waals surface area contributed by atoms with Crippen LogP contribution in [0.3, 0.4) is 0 Å². The molecule has 0 radical (unpaired) electrons. The van der Waals surface area contributed by atoms with E-state index in [1.165, 1.54) is 18.6 Å². The maximum Gasteiger partial charge on any atom is 0.240 e. The van der Waals surface area contributed by atoms with Gasteiger partial charge in [0.05, 0.1) is 4.90 Å². The number of aliphatic hydroxyl groups excluding tert-OH is 1. The topological polar surface area (TPSA) is 66.4 Å². The first-order chi connectivity index (χ1) is 9.12. The van der Waals surface area contributed by atoms with Gasteiger partial charge in [0, 0.05) is 12.1 Å². The third kappa shape index (κ3) is 3.80. The molecule has 19 heavy (non-hydrogen) atoms. The van der Waals surface area contributed by atoms with Gasteiger partial charge in [0.2, 0.25) is 10.0 Å². The zero-order valence-corrected chi connectivity index (χ0v) is 11.4. The summed E-state index contributed by atoms with van der Waals surface area (Å²) in [7, 11) is -3.42. The molecule has 1 aliphatic carbocycles. The minimum absolute atomic E-state index is 0.205. The molecule has 1 fully saturated rings. The van der Waals surface area contributed by atoms with Crippen molar-refractivity contribution < 1.29 is 13.5 Å². The minimum Gasteiger partial charge on any atom is -0.384 e. The summed E-state index contributed by atoms with van der Waals surface area (Å²) in [4.78, 5) is 0.251. The van der Waals surface area contributed by atoms with Gasteiger partial charge in [0.15, 0.2) is 0 Å². The lowest BCUT2D eigenvalue weighted by Gasteiger charge is -2.25. The van der Waals surface area contributed by atoms with Crippen molar-refractivity contribution in [2.45, 2.75) is 24.2 Å². The van der Waals surface area contributed by atoms with Crippen molar-refractivity contribution in [3.63, 3.8) is 0 Å². The fourth-order valence-corrected chi connectivity index (χ4v) is 2.98. The number of sulfonamides is 1. The highest BCUT2D eigenvalue weighted by atomic mass is 32.2. The van der Waals surface area contributed by atoms with Crippen molar-refractivity contribution in [3.05, 3.63) is 29.8 Å². The Balaban J connectivity index is 2.02. The number of nitrogens with one attached hydrogen (secondary N) is 1. The summed E-state index contributed by atoms with van der Waals surface area (Å²) in [6.45, 7) is 0.317. The van der Waals surface area contributed by atoms with Crippen LogP contribution in [-0.4, -0.2) is 26.7 Å². The number of hydrogen-bond acceptors (Lipinski definition) is 3. The molecule has 0 aliphatic heterocycles. The highest BCUT2D eigenvalue weighted by molar-refractivity contribution is 7.89. The summed E-state index contributed by atoms with van der Waals surface area (Å²) in [6, 6.07) is 6.34. The second-order valence-corrected chi connectivity index (χ2v) is 6.40. The molecule has 1 saturated carbocycles. The van der Waals surface area contributed by atoms with Gasteiger partial charge in [0.25, 0.3) is 0 Å². The Morgan fingerprint density at radius 3 is 2.47 bits per heavy atom. The predicted molar refractivity (Wildman–Crippen MR) is 72.9 cm³/mol. The van der Waals surface area contributed by atoms with E-state index in [0.29, 0.717) is 18.0 Å². The van der Waals surface area contributed by atoms with E-state index in [9.17, 15) is 8.42 Å². The minimum atomic E-state index is -3.42. The molecule has 2 rings (SSSR count). The van der Waals surface area contributed by atoms with Crippen molar-refractivity contribution in [2.24, 2.45) is 5.92 Å². The highest BCUT2D eigenvalue weighted by Crippen LogP contribution is 2.25. The smallest absolute Gasteiger partial charge is 0.240 e. The normalized spacial score (nSPS) is 15.4. The van der Waals surface area contributed by atoms with E-state index < -0.39 is 10.0 Å². The van der Waals surface area contributed by atoms with E-state index in [4.69, 9.17) is 5.11 Å². The zero-order chi connectivity index (χ0) is 13.7. The molecule has 0 unspecified atom stereocenters. The molecular weight excluding hydrogens is 262 g/mol. The van der Waals surface area contributed by atoms with Crippen LogP contribution in [0.1, 0.15) is 24.8 Å². The Labute approximate surface area is 113 Å². The van der Waals surface area contributed by atoms with Gasteiger partial charge >= 0.3 is 0 Å². The zero-order valence-electron chi connectivity index (χ0n) is 10.6. The van der Waals surface area contributed by atoms with Gasteiger partial charge in [-0.05, 0) is 43.0 Å².